The molecule has 1 aromatic rings. The minimum absolute atomic E-state index is 0.0216. The third-order valence-corrected chi connectivity index (χ3v) is 4.73. The number of nitrogens with one attached hydrogen (secondary N) is 1. The Labute approximate surface area is 164 Å². The van der Waals surface area contributed by atoms with Gasteiger partial charge in [-0.25, -0.2) is 0 Å². The van der Waals surface area contributed by atoms with Crippen LogP contribution in [0.15, 0.2) is 24.3 Å². The summed E-state index contributed by atoms with van der Waals surface area (Å²) in [6, 6.07) is 7.10. The molecule has 28 heavy (non-hydrogen) atoms. The molecule has 2 rings (SSSR count). The van der Waals surface area contributed by atoms with Gasteiger partial charge in [0.15, 0.2) is 0 Å². The predicted molar refractivity (Wildman–Crippen MR) is 100 cm³/mol. The lowest BCUT2D eigenvalue weighted by molar-refractivity contribution is -0.148. The average molecular weight is 401 g/mol. The average Bonchev–Trinajstić information content (AvgIpc) is 2.87. The van der Waals surface area contributed by atoms with Gasteiger partial charge in [-0.3, -0.25) is 9.18 Å². The molecule has 1 amide bonds. The number of hydrogen-bond donors (Lipinski definition) is 1. The molecular formula is C19H27BF3NO4. The van der Waals surface area contributed by atoms with Crippen LogP contribution in [0.2, 0.25) is 0 Å². The number of carbonyl (C=O) groups excluding carboxylic acids is 1. The van der Waals surface area contributed by atoms with Crippen LogP contribution in [0.3, 0.4) is 0 Å². The number of halogens is 3. The van der Waals surface area contributed by atoms with E-state index in [4.69, 9.17) is 14.0 Å². The van der Waals surface area contributed by atoms with E-state index in [2.05, 4.69) is 5.32 Å². The summed E-state index contributed by atoms with van der Waals surface area (Å²) in [5.74, 6) is -1.44. The highest BCUT2D eigenvalue weighted by atomic mass is 19.3. The molecule has 1 aromatic carbocycles. The summed E-state index contributed by atoms with van der Waals surface area (Å²) in [5.41, 5.74) is -0.323. The van der Waals surface area contributed by atoms with Gasteiger partial charge in [-0.15, -0.1) is 0 Å². The molecule has 0 radical (unpaired) electrons. The molecule has 1 N–H and O–H groups in total. The number of amides is 1. The number of benzene rings is 1. The van der Waals surface area contributed by atoms with E-state index in [0.717, 1.165) is 5.46 Å². The fraction of sp³-hybridized carbons (Fsp3) is 0.632. The second-order valence-electron chi connectivity index (χ2n) is 7.88. The van der Waals surface area contributed by atoms with E-state index >= 15 is 0 Å². The lowest BCUT2D eigenvalue weighted by Gasteiger charge is -2.31. The van der Waals surface area contributed by atoms with Gasteiger partial charge >= 0.3 is 13.5 Å². The number of rotatable bonds is 8. The second-order valence-corrected chi connectivity index (χ2v) is 7.88. The molecule has 2 atom stereocenters. The van der Waals surface area contributed by atoms with E-state index in [1.165, 1.54) is 13.8 Å². The van der Waals surface area contributed by atoms with Crippen LogP contribution in [0.1, 0.15) is 52.7 Å². The fourth-order valence-electron chi connectivity index (χ4n) is 2.89. The van der Waals surface area contributed by atoms with Gasteiger partial charge in [0.2, 0.25) is 0 Å². The monoisotopic (exact) mass is 401 g/mol. The van der Waals surface area contributed by atoms with Crippen molar-refractivity contribution in [2.24, 2.45) is 0 Å². The molecule has 156 valence electrons. The summed E-state index contributed by atoms with van der Waals surface area (Å²) in [6.45, 7) is 8.06. The van der Waals surface area contributed by atoms with Crippen molar-refractivity contribution in [1.29, 1.82) is 0 Å². The molecule has 9 heteroatoms. The molecule has 0 saturated carbocycles. The Bertz CT molecular complexity index is 670. The van der Waals surface area contributed by atoms with Gasteiger partial charge in [0.1, 0.15) is 5.72 Å². The van der Waals surface area contributed by atoms with Crippen LogP contribution in [0.25, 0.3) is 0 Å². The summed E-state index contributed by atoms with van der Waals surface area (Å²) in [6.07, 6.45) is -3.92. The standard InChI is InChI=1S/C19H27BF3NO4/c1-12-18(2,3)28-20(27-12)14-8-6-13(7-9-14)15(10-11-21)26-19(4,5)24-17(25)16(22)23/h6-9,12,15-16H,10-11H2,1-5H3,(H,24,25). The molecule has 0 spiro atoms. The van der Waals surface area contributed by atoms with Crippen molar-refractivity contribution in [3.63, 3.8) is 0 Å². The normalized spacial score (nSPS) is 20.5. The Morgan fingerprint density at radius 2 is 1.93 bits per heavy atom. The minimum Gasteiger partial charge on any atom is -0.402 e. The first kappa shape index (κ1) is 22.7. The zero-order valence-corrected chi connectivity index (χ0v) is 16.8. The third-order valence-electron chi connectivity index (χ3n) is 4.73. The summed E-state index contributed by atoms with van der Waals surface area (Å²) < 4.78 is 55.5. The molecule has 1 aliphatic heterocycles. The molecule has 0 bridgehead atoms. The van der Waals surface area contributed by atoms with Gasteiger partial charge in [0.05, 0.1) is 24.5 Å². The Hall–Kier alpha value is -1.58. The van der Waals surface area contributed by atoms with E-state index in [1.807, 2.05) is 20.8 Å². The quantitative estimate of drug-likeness (QED) is 0.537. The van der Waals surface area contributed by atoms with Crippen LogP contribution < -0.4 is 10.8 Å². The van der Waals surface area contributed by atoms with Gasteiger partial charge in [0, 0.05) is 6.42 Å². The van der Waals surface area contributed by atoms with Crippen molar-refractivity contribution in [3.8, 4) is 0 Å². The minimum atomic E-state index is -3.15. The first-order valence-corrected chi connectivity index (χ1v) is 9.22. The first-order valence-electron chi connectivity index (χ1n) is 9.22. The molecule has 1 aliphatic rings. The smallest absolute Gasteiger partial charge is 0.402 e. The van der Waals surface area contributed by atoms with Crippen molar-refractivity contribution < 1.29 is 32.0 Å². The highest BCUT2D eigenvalue weighted by Gasteiger charge is 2.43. The van der Waals surface area contributed by atoms with Crippen LogP contribution in [-0.2, 0) is 18.8 Å². The van der Waals surface area contributed by atoms with Crippen LogP contribution in [0, 0.1) is 0 Å². The van der Waals surface area contributed by atoms with E-state index in [9.17, 15) is 18.0 Å². The zero-order chi connectivity index (χ0) is 21.1. The molecule has 1 heterocycles. The molecule has 0 aromatic heterocycles. The highest BCUT2D eigenvalue weighted by molar-refractivity contribution is 6.61. The lowest BCUT2D eigenvalue weighted by atomic mass is 9.78. The van der Waals surface area contributed by atoms with E-state index < -0.39 is 43.6 Å². The maximum absolute atomic E-state index is 13.0. The van der Waals surface area contributed by atoms with Crippen molar-refractivity contribution >= 4 is 18.5 Å². The fourth-order valence-corrected chi connectivity index (χ4v) is 2.89. The SMILES string of the molecule is CC1OB(c2ccc(C(CCF)OC(C)(C)NC(=O)C(F)F)cc2)OC1(C)C. The molecule has 1 saturated heterocycles. The topological polar surface area (TPSA) is 56.8 Å². The van der Waals surface area contributed by atoms with Crippen LogP contribution in [0.4, 0.5) is 13.2 Å². The largest absolute Gasteiger partial charge is 0.494 e. The van der Waals surface area contributed by atoms with Gasteiger partial charge in [0.25, 0.3) is 5.91 Å². The third kappa shape index (κ3) is 5.72. The predicted octanol–water partition coefficient (Wildman–Crippen LogP) is 3.13. The Balaban J connectivity index is 2.10. The molecular weight excluding hydrogens is 374 g/mol. The van der Waals surface area contributed by atoms with Crippen molar-refractivity contribution in [2.75, 3.05) is 6.67 Å². The lowest BCUT2D eigenvalue weighted by Crippen LogP contribution is -2.48. The van der Waals surface area contributed by atoms with Crippen molar-refractivity contribution in [3.05, 3.63) is 29.8 Å². The summed E-state index contributed by atoms with van der Waals surface area (Å²) in [4.78, 5) is 11.3. The number of ether oxygens (including phenoxy) is 1. The molecule has 0 aliphatic carbocycles. The second kappa shape index (κ2) is 8.84. The van der Waals surface area contributed by atoms with E-state index in [-0.39, 0.29) is 12.5 Å². The van der Waals surface area contributed by atoms with Gasteiger partial charge in [-0.05, 0) is 45.6 Å². The highest BCUT2D eigenvalue weighted by Crippen LogP contribution is 2.28. The number of hydrogen-bond acceptors (Lipinski definition) is 4. The van der Waals surface area contributed by atoms with Crippen LogP contribution >= 0.6 is 0 Å². The first-order chi connectivity index (χ1) is 12.9. The van der Waals surface area contributed by atoms with E-state index in [1.54, 1.807) is 24.3 Å². The summed E-state index contributed by atoms with van der Waals surface area (Å²) in [7, 11) is -0.499. The van der Waals surface area contributed by atoms with Gasteiger partial charge < -0.3 is 19.4 Å². The summed E-state index contributed by atoms with van der Waals surface area (Å²) in [5, 5.41) is 2.11. The van der Waals surface area contributed by atoms with Crippen molar-refractivity contribution in [2.45, 2.75) is 71.0 Å². The molecule has 2 unspecified atom stereocenters. The maximum Gasteiger partial charge on any atom is 0.494 e. The molecule has 1 fully saturated rings. The summed E-state index contributed by atoms with van der Waals surface area (Å²) >= 11 is 0. The Morgan fingerprint density at radius 1 is 1.32 bits per heavy atom. The number of alkyl halides is 3. The Kier molecular flexibility index (Phi) is 7.17. The van der Waals surface area contributed by atoms with Crippen molar-refractivity contribution in [1.82, 2.24) is 5.32 Å². The van der Waals surface area contributed by atoms with Gasteiger partial charge in [-0.1, -0.05) is 24.3 Å². The van der Waals surface area contributed by atoms with Crippen LogP contribution in [-0.4, -0.2) is 43.6 Å². The van der Waals surface area contributed by atoms with E-state index in [0.29, 0.717) is 5.56 Å². The number of carbonyl (C=O) groups is 1. The zero-order valence-electron chi connectivity index (χ0n) is 16.8. The Morgan fingerprint density at radius 3 is 2.39 bits per heavy atom. The maximum atomic E-state index is 13.0. The van der Waals surface area contributed by atoms with Crippen LogP contribution in [0.5, 0.6) is 0 Å². The molecule has 5 nitrogen and oxygen atoms in total. The van der Waals surface area contributed by atoms with Gasteiger partial charge in [-0.2, -0.15) is 8.78 Å².